The second-order valence-electron chi connectivity index (χ2n) is 3.86. The first-order chi connectivity index (χ1) is 8.06. The van der Waals surface area contributed by atoms with E-state index in [-0.39, 0.29) is 29.6 Å². The van der Waals surface area contributed by atoms with Crippen LogP contribution in [0.15, 0.2) is 29.2 Å². The standard InChI is InChI=1S/C11H14N2O3S/c1-12-8-11(14)13-6-7-17(15,16)10-5-3-2-4-9(10)13/h2-5,12H,6-8H2,1H3. The van der Waals surface area contributed by atoms with Gasteiger partial charge in [-0.3, -0.25) is 4.79 Å². The van der Waals surface area contributed by atoms with Gasteiger partial charge in [0.05, 0.1) is 22.9 Å². The van der Waals surface area contributed by atoms with Gasteiger partial charge in [-0.2, -0.15) is 0 Å². The summed E-state index contributed by atoms with van der Waals surface area (Å²) < 4.78 is 23.7. The monoisotopic (exact) mass is 254 g/mol. The Bertz CT molecular complexity index is 539. The number of hydrogen-bond acceptors (Lipinski definition) is 4. The summed E-state index contributed by atoms with van der Waals surface area (Å²) in [6.07, 6.45) is 0. The van der Waals surface area contributed by atoms with Crippen molar-refractivity contribution in [2.45, 2.75) is 4.90 Å². The highest BCUT2D eigenvalue weighted by Crippen LogP contribution is 2.29. The van der Waals surface area contributed by atoms with Crippen LogP contribution in [0.2, 0.25) is 0 Å². The lowest BCUT2D eigenvalue weighted by Crippen LogP contribution is -2.43. The van der Waals surface area contributed by atoms with Crippen LogP contribution < -0.4 is 10.2 Å². The summed E-state index contributed by atoms with van der Waals surface area (Å²) in [6.45, 7) is 0.425. The lowest BCUT2D eigenvalue weighted by molar-refractivity contribution is -0.117. The minimum Gasteiger partial charge on any atom is -0.311 e. The summed E-state index contributed by atoms with van der Waals surface area (Å²) >= 11 is 0. The molecule has 1 aliphatic rings. The minimum absolute atomic E-state index is 0.0144. The molecular formula is C11H14N2O3S. The Hall–Kier alpha value is -1.40. The Morgan fingerprint density at radius 2 is 2.12 bits per heavy atom. The van der Waals surface area contributed by atoms with E-state index in [4.69, 9.17) is 0 Å². The summed E-state index contributed by atoms with van der Waals surface area (Å²) in [5.41, 5.74) is 0.485. The van der Waals surface area contributed by atoms with Crippen LogP contribution in [0.1, 0.15) is 0 Å². The van der Waals surface area contributed by atoms with Gasteiger partial charge in [0, 0.05) is 6.54 Å². The maximum Gasteiger partial charge on any atom is 0.240 e. The molecule has 0 spiro atoms. The highest BCUT2D eigenvalue weighted by Gasteiger charge is 2.30. The third kappa shape index (κ3) is 2.18. The molecule has 0 radical (unpaired) electrons. The van der Waals surface area contributed by atoms with Crippen molar-refractivity contribution in [1.29, 1.82) is 0 Å². The maximum absolute atomic E-state index is 11.8. The molecule has 0 atom stereocenters. The van der Waals surface area contributed by atoms with Crippen molar-refractivity contribution in [2.24, 2.45) is 0 Å². The molecule has 6 heteroatoms. The van der Waals surface area contributed by atoms with Crippen LogP contribution in [0.25, 0.3) is 0 Å². The Kier molecular flexibility index (Phi) is 3.17. The zero-order valence-corrected chi connectivity index (χ0v) is 10.3. The molecule has 0 saturated carbocycles. The Balaban J connectivity index is 2.45. The highest BCUT2D eigenvalue weighted by atomic mass is 32.2. The topological polar surface area (TPSA) is 66.5 Å². The fourth-order valence-electron chi connectivity index (χ4n) is 1.89. The third-order valence-electron chi connectivity index (χ3n) is 2.70. The van der Waals surface area contributed by atoms with Crippen LogP contribution in [0.3, 0.4) is 0 Å². The number of carbonyl (C=O) groups excluding carboxylic acids is 1. The summed E-state index contributed by atoms with van der Waals surface area (Å²) in [5, 5.41) is 2.78. The van der Waals surface area contributed by atoms with Crippen LogP contribution in [-0.4, -0.2) is 40.2 Å². The van der Waals surface area contributed by atoms with Gasteiger partial charge in [0.2, 0.25) is 5.91 Å². The van der Waals surface area contributed by atoms with E-state index >= 15 is 0 Å². The number of amides is 1. The number of hydrogen-bond donors (Lipinski definition) is 1. The lowest BCUT2D eigenvalue weighted by Gasteiger charge is -2.29. The van der Waals surface area contributed by atoms with Gasteiger partial charge in [-0.05, 0) is 19.2 Å². The zero-order chi connectivity index (χ0) is 12.5. The van der Waals surface area contributed by atoms with E-state index in [2.05, 4.69) is 5.32 Å². The number of para-hydroxylation sites is 1. The number of fused-ring (bicyclic) bond motifs is 1. The van der Waals surface area contributed by atoms with Gasteiger partial charge >= 0.3 is 0 Å². The zero-order valence-electron chi connectivity index (χ0n) is 9.51. The summed E-state index contributed by atoms with van der Waals surface area (Å²) in [5.74, 6) is -0.130. The van der Waals surface area contributed by atoms with Crippen molar-refractivity contribution in [3.05, 3.63) is 24.3 Å². The van der Waals surface area contributed by atoms with Crippen molar-refractivity contribution < 1.29 is 13.2 Å². The van der Waals surface area contributed by atoms with E-state index in [1.807, 2.05) is 0 Å². The summed E-state index contributed by atoms with van der Waals surface area (Å²) in [6, 6.07) is 6.62. The predicted molar refractivity (Wildman–Crippen MR) is 64.8 cm³/mol. The largest absolute Gasteiger partial charge is 0.311 e. The fraction of sp³-hybridized carbons (Fsp3) is 0.364. The minimum atomic E-state index is -3.24. The van der Waals surface area contributed by atoms with E-state index in [1.165, 1.54) is 4.90 Å². The van der Waals surface area contributed by atoms with Crippen LogP contribution in [0.5, 0.6) is 0 Å². The van der Waals surface area contributed by atoms with Crippen molar-refractivity contribution >= 4 is 21.4 Å². The molecular weight excluding hydrogens is 240 g/mol. The molecule has 1 aromatic rings. The molecule has 1 aliphatic heterocycles. The first-order valence-corrected chi connectivity index (χ1v) is 6.98. The number of likely N-dealkylation sites (N-methyl/N-ethyl adjacent to an activating group) is 1. The first kappa shape index (κ1) is 12.1. The molecule has 0 bridgehead atoms. The number of nitrogens with one attached hydrogen (secondary N) is 1. The molecule has 1 amide bonds. The second-order valence-corrected chi connectivity index (χ2v) is 5.94. The van der Waals surface area contributed by atoms with Crippen LogP contribution in [-0.2, 0) is 14.6 Å². The lowest BCUT2D eigenvalue weighted by atomic mass is 10.2. The summed E-state index contributed by atoms with van der Waals surface area (Å²) in [4.78, 5) is 13.6. The van der Waals surface area contributed by atoms with Crippen molar-refractivity contribution in [1.82, 2.24) is 5.32 Å². The van der Waals surface area contributed by atoms with Crippen molar-refractivity contribution in [3.8, 4) is 0 Å². The SMILES string of the molecule is CNCC(=O)N1CCS(=O)(=O)c2ccccc21. The van der Waals surface area contributed by atoms with Gasteiger partial charge in [-0.25, -0.2) is 8.42 Å². The average Bonchev–Trinajstić information content (AvgIpc) is 2.29. The fourth-order valence-corrected chi connectivity index (χ4v) is 3.32. The average molecular weight is 254 g/mol. The van der Waals surface area contributed by atoms with E-state index in [0.29, 0.717) is 5.69 Å². The number of rotatable bonds is 2. The van der Waals surface area contributed by atoms with Crippen LogP contribution in [0, 0.1) is 0 Å². The molecule has 2 rings (SSSR count). The molecule has 0 aromatic heterocycles. The highest BCUT2D eigenvalue weighted by molar-refractivity contribution is 7.91. The van der Waals surface area contributed by atoms with E-state index in [1.54, 1.807) is 31.3 Å². The molecule has 0 saturated heterocycles. The van der Waals surface area contributed by atoms with Gasteiger partial charge in [0.1, 0.15) is 0 Å². The quantitative estimate of drug-likeness (QED) is 0.808. The second kappa shape index (κ2) is 4.46. The van der Waals surface area contributed by atoms with Gasteiger partial charge in [0.15, 0.2) is 9.84 Å². The molecule has 5 nitrogen and oxygen atoms in total. The van der Waals surface area contributed by atoms with Crippen molar-refractivity contribution in [2.75, 3.05) is 30.8 Å². The summed E-state index contributed by atoms with van der Waals surface area (Å²) in [7, 11) is -1.55. The molecule has 92 valence electrons. The number of benzene rings is 1. The molecule has 0 fully saturated rings. The normalized spacial score (nSPS) is 17.6. The molecule has 0 unspecified atom stereocenters. The predicted octanol–water partition coefficient (Wildman–Crippen LogP) is 0.0263. The number of anilines is 1. The van der Waals surface area contributed by atoms with Gasteiger partial charge in [-0.15, -0.1) is 0 Å². The maximum atomic E-state index is 11.8. The van der Waals surface area contributed by atoms with Gasteiger partial charge in [-0.1, -0.05) is 12.1 Å². The number of nitrogens with zero attached hydrogens (tertiary/aromatic N) is 1. The van der Waals surface area contributed by atoms with Crippen molar-refractivity contribution in [3.63, 3.8) is 0 Å². The smallest absolute Gasteiger partial charge is 0.240 e. The first-order valence-electron chi connectivity index (χ1n) is 5.33. The third-order valence-corrected chi connectivity index (χ3v) is 4.44. The molecule has 1 aromatic carbocycles. The molecule has 1 N–H and O–H groups in total. The van der Waals surface area contributed by atoms with Crippen LogP contribution in [0.4, 0.5) is 5.69 Å². The van der Waals surface area contributed by atoms with E-state index < -0.39 is 9.84 Å². The van der Waals surface area contributed by atoms with Crippen LogP contribution >= 0.6 is 0 Å². The van der Waals surface area contributed by atoms with E-state index in [9.17, 15) is 13.2 Å². The van der Waals surface area contributed by atoms with E-state index in [0.717, 1.165) is 0 Å². The molecule has 17 heavy (non-hydrogen) atoms. The Labute approximate surface area is 100 Å². The Morgan fingerprint density at radius 3 is 2.82 bits per heavy atom. The van der Waals surface area contributed by atoms with Gasteiger partial charge < -0.3 is 10.2 Å². The Morgan fingerprint density at radius 1 is 1.41 bits per heavy atom. The van der Waals surface area contributed by atoms with Gasteiger partial charge in [0.25, 0.3) is 0 Å². The molecule has 1 heterocycles. The molecule has 0 aliphatic carbocycles. The number of sulfone groups is 1. The number of carbonyl (C=O) groups is 1.